The number of unbranched alkanes of at least 4 members (excludes halogenated alkanes) is 1. The summed E-state index contributed by atoms with van der Waals surface area (Å²) in [6, 6.07) is 0. The quantitative estimate of drug-likeness (QED) is 0.584. The fraction of sp³-hybridized carbons (Fsp3) is 0.667. The van der Waals surface area contributed by atoms with Crippen LogP contribution in [0.3, 0.4) is 0 Å². The van der Waals surface area contributed by atoms with Gasteiger partial charge in [-0.15, -0.1) is 0 Å². The van der Waals surface area contributed by atoms with Gasteiger partial charge in [-0.25, -0.2) is 0 Å². The Morgan fingerprint density at radius 2 is 2.17 bits per heavy atom. The van der Waals surface area contributed by atoms with Gasteiger partial charge in [0.25, 0.3) is 0 Å². The molecule has 1 aliphatic rings. The van der Waals surface area contributed by atoms with E-state index in [2.05, 4.69) is 0 Å². The molecule has 3 heteroatoms. The van der Waals surface area contributed by atoms with Crippen LogP contribution in [0.5, 0.6) is 0 Å². The zero-order chi connectivity index (χ0) is 13.8. The highest BCUT2D eigenvalue weighted by atomic mass is 16.6. The summed E-state index contributed by atoms with van der Waals surface area (Å²) in [7, 11) is 0. The van der Waals surface area contributed by atoms with Gasteiger partial charge >= 0.3 is 0 Å². The molecule has 102 valence electrons. The molecule has 0 aromatic rings. The van der Waals surface area contributed by atoms with E-state index >= 15 is 0 Å². The first-order valence-electron chi connectivity index (χ1n) is 6.62. The van der Waals surface area contributed by atoms with Gasteiger partial charge in [0.15, 0.2) is 0 Å². The summed E-state index contributed by atoms with van der Waals surface area (Å²) in [5.41, 5.74) is -0.704. The number of Topliss-reactive ketones (excluding diaryl/α,β-unsaturated/α-hetero) is 1. The Kier molecular flexibility index (Phi) is 4.88. The molecule has 0 bridgehead atoms. The van der Waals surface area contributed by atoms with Crippen molar-refractivity contribution >= 4 is 5.78 Å². The zero-order valence-corrected chi connectivity index (χ0v) is 11.8. The number of carbonyl (C=O) groups is 1. The van der Waals surface area contributed by atoms with E-state index in [1.807, 2.05) is 45.1 Å². The summed E-state index contributed by atoms with van der Waals surface area (Å²) in [4.78, 5) is 12.5. The standard InChI is InChI=1S/C15H24O3/c1-5-6-11-18-15(4,17)13(16)14(3)10-8-7-9-12(14)2/h7-10,12,17H,5-6,11H2,1-4H3. The van der Waals surface area contributed by atoms with Crippen LogP contribution in [0.25, 0.3) is 0 Å². The van der Waals surface area contributed by atoms with Crippen molar-refractivity contribution in [3.05, 3.63) is 24.3 Å². The average Bonchev–Trinajstić information content (AvgIpc) is 2.32. The minimum atomic E-state index is -1.71. The molecule has 0 aliphatic heterocycles. The fourth-order valence-electron chi connectivity index (χ4n) is 2.10. The number of rotatable bonds is 6. The van der Waals surface area contributed by atoms with E-state index in [0.29, 0.717) is 6.61 Å². The maximum Gasteiger partial charge on any atom is 0.224 e. The van der Waals surface area contributed by atoms with Crippen molar-refractivity contribution in [2.75, 3.05) is 6.61 Å². The Hall–Kier alpha value is -0.930. The molecular weight excluding hydrogens is 228 g/mol. The van der Waals surface area contributed by atoms with Crippen LogP contribution in [0.4, 0.5) is 0 Å². The lowest BCUT2D eigenvalue weighted by atomic mass is 9.70. The van der Waals surface area contributed by atoms with Crippen molar-refractivity contribution in [2.45, 2.75) is 46.3 Å². The average molecular weight is 252 g/mol. The van der Waals surface area contributed by atoms with Crippen LogP contribution >= 0.6 is 0 Å². The van der Waals surface area contributed by atoms with Crippen LogP contribution in [0.2, 0.25) is 0 Å². The Morgan fingerprint density at radius 1 is 1.50 bits per heavy atom. The first-order chi connectivity index (χ1) is 8.34. The molecular formula is C15H24O3. The summed E-state index contributed by atoms with van der Waals surface area (Å²) in [6.45, 7) is 7.70. The largest absolute Gasteiger partial charge is 0.360 e. The van der Waals surface area contributed by atoms with E-state index in [0.717, 1.165) is 12.8 Å². The molecule has 18 heavy (non-hydrogen) atoms. The first-order valence-corrected chi connectivity index (χ1v) is 6.62. The van der Waals surface area contributed by atoms with Crippen molar-refractivity contribution in [3.8, 4) is 0 Å². The summed E-state index contributed by atoms with van der Waals surface area (Å²) in [6.07, 6.45) is 9.40. The van der Waals surface area contributed by atoms with Crippen molar-refractivity contribution < 1.29 is 14.6 Å². The molecule has 0 aromatic heterocycles. The molecule has 3 nitrogen and oxygen atoms in total. The summed E-state index contributed by atoms with van der Waals surface area (Å²) >= 11 is 0. The SMILES string of the molecule is CCCCOC(C)(O)C(=O)C1(C)C=CC=CC1C. The van der Waals surface area contributed by atoms with Crippen molar-refractivity contribution in [1.82, 2.24) is 0 Å². The molecule has 1 aliphatic carbocycles. The zero-order valence-electron chi connectivity index (χ0n) is 11.8. The number of ketones is 1. The summed E-state index contributed by atoms with van der Waals surface area (Å²) in [5.74, 6) is -1.94. The maximum atomic E-state index is 12.5. The molecule has 0 saturated carbocycles. The first kappa shape index (κ1) is 15.1. The Bertz CT molecular complexity index is 355. The Labute approximate surface area is 110 Å². The van der Waals surface area contributed by atoms with E-state index < -0.39 is 11.2 Å². The molecule has 1 N–H and O–H groups in total. The molecule has 0 heterocycles. The van der Waals surface area contributed by atoms with Crippen molar-refractivity contribution in [2.24, 2.45) is 11.3 Å². The van der Waals surface area contributed by atoms with Crippen LogP contribution in [-0.4, -0.2) is 23.3 Å². The van der Waals surface area contributed by atoms with E-state index in [-0.39, 0.29) is 11.7 Å². The second-order valence-electron chi connectivity index (χ2n) is 5.33. The number of hydrogen-bond donors (Lipinski definition) is 1. The molecule has 0 saturated heterocycles. The highest BCUT2D eigenvalue weighted by molar-refractivity contribution is 5.92. The van der Waals surface area contributed by atoms with Gasteiger partial charge in [-0.1, -0.05) is 44.6 Å². The molecule has 0 amide bonds. The molecule has 0 spiro atoms. The van der Waals surface area contributed by atoms with Crippen LogP contribution in [0.1, 0.15) is 40.5 Å². The summed E-state index contributed by atoms with van der Waals surface area (Å²) < 4.78 is 5.35. The van der Waals surface area contributed by atoms with Gasteiger partial charge in [-0.3, -0.25) is 4.79 Å². The van der Waals surface area contributed by atoms with E-state index in [4.69, 9.17) is 4.74 Å². The second kappa shape index (κ2) is 5.81. The third-order valence-electron chi connectivity index (χ3n) is 3.69. The van der Waals surface area contributed by atoms with Crippen LogP contribution in [-0.2, 0) is 9.53 Å². The van der Waals surface area contributed by atoms with Crippen LogP contribution < -0.4 is 0 Å². The fourth-order valence-corrected chi connectivity index (χ4v) is 2.10. The normalized spacial score (nSPS) is 30.2. The van der Waals surface area contributed by atoms with E-state index in [1.54, 1.807) is 0 Å². The predicted octanol–water partition coefficient (Wildman–Crippen LogP) is 2.85. The number of ether oxygens (including phenoxy) is 1. The topological polar surface area (TPSA) is 46.5 Å². The third-order valence-corrected chi connectivity index (χ3v) is 3.69. The number of aliphatic hydroxyl groups is 1. The lowest BCUT2D eigenvalue weighted by Crippen LogP contribution is -2.49. The molecule has 3 unspecified atom stereocenters. The minimum Gasteiger partial charge on any atom is -0.360 e. The third kappa shape index (κ3) is 3.09. The molecule has 1 rings (SSSR count). The van der Waals surface area contributed by atoms with Crippen molar-refractivity contribution in [1.29, 1.82) is 0 Å². The van der Waals surface area contributed by atoms with E-state index in [1.165, 1.54) is 6.92 Å². The smallest absolute Gasteiger partial charge is 0.224 e. The van der Waals surface area contributed by atoms with E-state index in [9.17, 15) is 9.90 Å². The summed E-state index contributed by atoms with van der Waals surface area (Å²) in [5, 5.41) is 10.2. The van der Waals surface area contributed by atoms with Gasteiger partial charge in [-0.2, -0.15) is 0 Å². The lowest BCUT2D eigenvalue weighted by molar-refractivity contribution is -0.205. The minimum absolute atomic E-state index is 0.0521. The van der Waals surface area contributed by atoms with Gasteiger partial charge in [0.1, 0.15) is 0 Å². The highest BCUT2D eigenvalue weighted by Gasteiger charge is 2.46. The van der Waals surface area contributed by atoms with Gasteiger partial charge in [0, 0.05) is 0 Å². The predicted molar refractivity (Wildman–Crippen MR) is 72.0 cm³/mol. The Balaban J connectivity index is 2.79. The monoisotopic (exact) mass is 252 g/mol. The molecule has 0 radical (unpaired) electrons. The van der Waals surface area contributed by atoms with Crippen LogP contribution in [0, 0.1) is 11.3 Å². The number of allylic oxidation sites excluding steroid dienone is 4. The molecule has 0 aromatic carbocycles. The number of hydrogen-bond acceptors (Lipinski definition) is 3. The van der Waals surface area contributed by atoms with Crippen molar-refractivity contribution in [3.63, 3.8) is 0 Å². The second-order valence-corrected chi connectivity index (χ2v) is 5.33. The highest BCUT2D eigenvalue weighted by Crippen LogP contribution is 2.37. The van der Waals surface area contributed by atoms with Crippen LogP contribution in [0.15, 0.2) is 24.3 Å². The Morgan fingerprint density at radius 3 is 2.72 bits per heavy atom. The van der Waals surface area contributed by atoms with Gasteiger partial charge in [0.2, 0.25) is 11.6 Å². The number of carbonyl (C=O) groups excluding carboxylic acids is 1. The molecule has 0 fully saturated rings. The van der Waals surface area contributed by atoms with Gasteiger partial charge in [-0.05, 0) is 26.2 Å². The maximum absolute atomic E-state index is 12.5. The van der Waals surface area contributed by atoms with Gasteiger partial charge in [0.05, 0.1) is 12.0 Å². The molecule has 3 atom stereocenters. The van der Waals surface area contributed by atoms with Gasteiger partial charge < -0.3 is 9.84 Å². The lowest BCUT2D eigenvalue weighted by Gasteiger charge is -2.37.